The second-order valence-corrected chi connectivity index (χ2v) is 6.95. The number of benzene rings is 2. The summed E-state index contributed by atoms with van der Waals surface area (Å²) < 4.78 is 0. The summed E-state index contributed by atoms with van der Waals surface area (Å²) in [6, 6.07) is 17.9. The van der Waals surface area contributed by atoms with Crippen molar-refractivity contribution in [1.29, 1.82) is 0 Å². The Morgan fingerprint density at radius 2 is 1.36 bits per heavy atom. The molecule has 1 aliphatic heterocycles. The van der Waals surface area contributed by atoms with Crippen molar-refractivity contribution < 1.29 is 19.8 Å². The molecule has 5 heteroatoms. The molecule has 1 heterocycles. The molecule has 0 spiro atoms. The van der Waals surface area contributed by atoms with Gasteiger partial charge in [0.1, 0.15) is 0 Å². The molecule has 0 radical (unpaired) electrons. The van der Waals surface area contributed by atoms with Crippen LogP contribution in [0.1, 0.15) is 28.7 Å². The van der Waals surface area contributed by atoms with E-state index in [1.165, 1.54) is 22.3 Å². The lowest BCUT2D eigenvalue weighted by Gasteiger charge is -2.28. The minimum absolute atomic E-state index is 0.558. The molecule has 2 aromatic carbocycles. The minimum atomic E-state index is -1.26. The lowest BCUT2D eigenvalue weighted by molar-refractivity contribution is -0.134. The zero-order chi connectivity index (χ0) is 20.1. The van der Waals surface area contributed by atoms with Gasteiger partial charge in [-0.2, -0.15) is 0 Å². The molecule has 4 rings (SSSR count). The quantitative estimate of drug-likeness (QED) is 0.783. The topological polar surface area (TPSA) is 77.8 Å². The number of rotatable bonds is 2. The van der Waals surface area contributed by atoms with E-state index < -0.39 is 11.9 Å². The van der Waals surface area contributed by atoms with Crippen LogP contribution in [0.4, 0.5) is 0 Å². The molecule has 0 fully saturated rings. The molecule has 0 aromatic heterocycles. The lowest BCUT2D eigenvalue weighted by Crippen LogP contribution is -2.27. The molecule has 144 valence electrons. The average Bonchev–Trinajstić information content (AvgIpc) is 2.81. The van der Waals surface area contributed by atoms with Gasteiger partial charge in [-0.1, -0.05) is 48.5 Å². The summed E-state index contributed by atoms with van der Waals surface area (Å²) in [7, 11) is 2.23. The molecule has 5 nitrogen and oxygen atoms in total. The van der Waals surface area contributed by atoms with Gasteiger partial charge in [-0.3, -0.25) is 0 Å². The van der Waals surface area contributed by atoms with Crippen LogP contribution in [-0.4, -0.2) is 47.2 Å². The van der Waals surface area contributed by atoms with Gasteiger partial charge in [-0.05, 0) is 53.3 Å². The number of carboxylic acid groups (broad SMARTS) is 2. The van der Waals surface area contributed by atoms with Crippen molar-refractivity contribution in [2.45, 2.75) is 12.8 Å². The molecule has 0 atom stereocenters. The van der Waals surface area contributed by atoms with Crippen molar-refractivity contribution >= 4 is 23.1 Å². The number of likely N-dealkylation sites (N-methyl/N-ethyl adjacent to an activating group) is 1. The summed E-state index contributed by atoms with van der Waals surface area (Å²) >= 11 is 0. The van der Waals surface area contributed by atoms with Gasteiger partial charge >= 0.3 is 11.9 Å². The maximum absolute atomic E-state index is 9.55. The van der Waals surface area contributed by atoms with Crippen LogP contribution in [0.15, 0.2) is 60.7 Å². The summed E-state index contributed by atoms with van der Waals surface area (Å²) in [6.07, 6.45) is 3.34. The van der Waals surface area contributed by atoms with Crippen LogP contribution >= 0.6 is 0 Å². The van der Waals surface area contributed by atoms with E-state index in [1.54, 1.807) is 11.1 Å². The van der Waals surface area contributed by atoms with Crippen LogP contribution < -0.4 is 0 Å². The van der Waals surface area contributed by atoms with E-state index in [-0.39, 0.29) is 0 Å². The van der Waals surface area contributed by atoms with Crippen LogP contribution in [0.3, 0.4) is 0 Å². The van der Waals surface area contributed by atoms with Crippen molar-refractivity contribution in [3.63, 3.8) is 0 Å². The van der Waals surface area contributed by atoms with Crippen molar-refractivity contribution in [1.82, 2.24) is 4.90 Å². The van der Waals surface area contributed by atoms with Crippen molar-refractivity contribution in [2.24, 2.45) is 0 Å². The van der Waals surface area contributed by atoms with Crippen LogP contribution in [0.25, 0.3) is 11.1 Å². The first kappa shape index (κ1) is 19.6. The maximum atomic E-state index is 9.55. The highest BCUT2D eigenvalue weighted by Gasteiger charge is 2.24. The Bertz CT molecular complexity index is 943. The van der Waals surface area contributed by atoms with E-state index in [2.05, 4.69) is 60.5 Å². The first-order valence-electron chi connectivity index (χ1n) is 9.16. The van der Waals surface area contributed by atoms with Crippen molar-refractivity contribution in [3.8, 4) is 0 Å². The van der Waals surface area contributed by atoms with Crippen LogP contribution in [0, 0.1) is 0 Å². The van der Waals surface area contributed by atoms with E-state index in [1.807, 2.05) is 0 Å². The first-order valence-corrected chi connectivity index (χ1v) is 9.16. The highest BCUT2D eigenvalue weighted by molar-refractivity contribution is 5.95. The highest BCUT2D eigenvalue weighted by atomic mass is 16.4. The smallest absolute Gasteiger partial charge is 0.328 e. The van der Waals surface area contributed by atoms with Gasteiger partial charge in [0.05, 0.1) is 0 Å². The molecule has 2 N–H and O–H groups in total. The molecule has 0 unspecified atom stereocenters. The van der Waals surface area contributed by atoms with E-state index in [0.29, 0.717) is 12.2 Å². The Morgan fingerprint density at radius 1 is 0.857 bits per heavy atom. The highest BCUT2D eigenvalue weighted by Crippen LogP contribution is 2.39. The fourth-order valence-electron chi connectivity index (χ4n) is 3.73. The number of carboxylic acids is 2. The number of carbonyl (C=O) groups is 2. The Kier molecular flexibility index (Phi) is 6.06. The number of hydrogen-bond acceptors (Lipinski definition) is 3. The predicted octanol–water partition coefficient (Wildman–Crippen LogP) is 3.55. The molecule has 0 amide bonds. The fraction of sp³-hybridized carbons (Fsp3) is 0.217. The first-order chi connectivity index (χ1) is 13.5. The van der Waals surface area contributed by atoms with E-state index >= 15 is 0 Å². The van der Waals surface area contributed by atoms with Gasteiger partial charge in [0.2, 0.25) is 0 Å². The molecule has 0 saturated carbocycles. The molecular formula is C23H23NO4. The zero-order valence-corrected chi connectivity index (χ0v) is 15.8. The Labute approximate surface area is 164 Å². The van der Waals surface area contributed by atoms with Gasteiger partial charge in [0.15, 0.2) is 0 Å². The number of nitrogens with zero attached hydrogens (tertiary/aromatic N) is 1. The average molecular weight is 377 g/mol. The van der Waals surface area contributed by atoms with Gasteiger partial charge in [0.25, 0.3) is 0 Å². The van der Waals surface area contributed by atoms with Gasteiger partial charge in [-0.25, -0.2) is 9.59 Å². The number of aliphatic carboxylic acids is 2. The third kappa shape index (κ3) is 4.56. The van der Waals surface area contributed by atoms with Gasteiger partial charge < -0.3 is 15.1 Å². The monoisotopic (exact) mass is 377 g/mol. The fourth-order valence-corrected chi connectivity index (χ4v) is 3.73. The summed E-state index contributed by atoms with van der Waals surface area (Å²) in [5, 5.41) is 15.6. The molecule has 1 aliphatic carbocycles. The molecule has 2 aliphatic rings. The Balaban J connectivity index is 0.000000242. The standard InChI is InChI=1S/C19H19N.C4H4O4/c1-20-11-10-18-16-8-4-2-6-14(16)12-15-7-3-5-9-17(15)19(18)13-20;5-3(6)1-2-4(7)8/h2-9H,10-13H2,1H3;1-2H,(H,5,6)(H,7,8)/b;2-1+. The second kappa shape index (κ2) is 8.67. The summed E-state index contributed by atoms with van der Waals surface area (Å²) in [6.45, 7) is 2.23. The van der Waals surface area contributed by atoms with Crippen LogP contribution in [-0.2, 0) is 16.0 Å². The summed E-state index contributed by atoms with van der Waals surface area (Å²) in [5.74, 6) is -2.51. The molecular weight excluding hydrogens is 354 g/mol. The van der Waals surface area contributed by atoms with E-state index in [4.69, 9.17) is 10.2 Å². The second-order valence-electron chi connectivity index (χ2n) is 6.95. The molecule has 0 bridgehead atoms. The third-order valence-electron chi connectivity index (χ3n) is 4.97. The van der Waals surface area contributed by atoms with Crippen molar-refractivity contribution in [3.05, 3.63) is 82.9 Å². The lowest BCUT2D eigenvalue weighted by atomic mass is 9.89. The van der Waals surface area contributed by atoms with E-state index in [9.17, 15) is 9.59 Å². The largest absolute Gasteiger partial charge is 0.478 e. The normalized spacial score (nSPS) is 15.6. The van der Waals surface area contributed by atoms with Crippen molar-refractivity contribution in [2.75, 3.05) is 20.1 Å². The summed E-state index contributed by atoms with van der Waals surface area (Å²) in [4.78, 5) is 21.5. The predicted molar refractivity (Wildman–Crippen MR) is 109 cm³/mol. The van der Waals surface area contributed by atoms with E-state index in [0.717, 1.165) is 25.9 Å². The number of hydrogen-bond donors (Lipinski definition) is 2. The summed E-state index contributed by atoms with van der Waals surface area (Å²) in [5.41, 5.74) is 9.01. The molecule has 28 heavy (non-hydrogen) atoms. The van der Waals surface area contributed by atoms with Gasteiger partial charge in [0, 0.05) is 25.2 Å². The third-order valence-corrected chi connectivity index (χ3v) is 4.97. The van der Waals surface area contributed by atoms with Crippen LogP contribution in [0.5, 0.6) is 0 Å². The van der Waals surface area contributed by atoms with Gasteiger partial charge in [-0.15, -0.1) is 0 Å². The SMILES string of the molecule is CN1CCC2=C(C1)c1ccccc1Cc1ccccc12.O=C(O)/C=C/C(=O)O. The Morgan fingerprint density at radius 3 is 1.89 bits per heavy atom. The van der Waals surface area contributed by atoms with Crippen LogP contribution in [0.2, 0.25) is 0 Å². The molecule has 2 aromatic rings. The molecule has 0 saturated heterocycles. The Hall–Kier alpha value is -3.18. The zero-order valence-electron chi connectivity index (χ0n) is 15.8. The number of fused-ring (bicyclic) bond motifs is 4. The maximum Gasteiger partial charge on any atom is 0.328 e. The minimum Gasteiger partial charge on any atom is -0.478 e.